The maximum Gasteiger partial charge on any atom is 0.308 e. The number of carbonyl (C=O) groups is 3. The smallest absolute Gasteiger partial charge is 0.308 e. The molecule has 144 valence electrons. The van der Waals surface area contributed by atoms with Crippen LogP contribution in [0.3, 0.4) is 0 Å². The highest BCUT2D eigenvalue weighted by Crippen LogP contribution is 2.45. The maximum absolute atomic E-state index is 13.2. The van der Waals surface area contributed by atoms with Gasteiger partial charge in [0.25, 0.3) is 0 Å². The first-order valence-electron chi connectivity index (χ1n) is 10.4. The van der Waals surface area contributed by atoms with Crippen LogP contribution in [0, 0.1) is 29.6 Å². The fourth-order valence-corrected chi connectivity index (χ4v) is 5.40. The largest absolute Gasteiger partial charge is 0.481 e. The average molecular weight is 362 g/mol. The summed E-state index contributed by atoms with van der Waals surface area (Å²) in [7, 11) is 0. The van der Waals surface area contributed by atoms with Gasteiger partial charge in [0.1, 0.15) is 0 Å². The fraction of sp³-hybridized carbons (Fsp3) is 0.850. The summed E-state index contributed by atoms with van der Waals surface area (Å²) in [5.74, 6) is -0.866. The molecule has 2 aliphatic carbocycles. The molecule has 0 aromatic carbocycles. The van der Waals surface area contributed by atoms with E-state index in [4.69, 9.17) is 0 Å². The molecule has 6 nitrogen and oxygen atoms in total. The Morgan fingerprint density at radius 1 is 0.692 bits per heavy atom. The van der Waals surface area contributed by atoms with Gasteiger partial charge in [0.2, 0.25) is 11.8 Å². The molecular weight excluding hydrogens is 332 g/mol. The van der Waals surface area contributed by atoms with E-state index in [1.165, 1.54) is 0 Å². The van der Waals surface area contributed by atoms with Crippen LogP contribution in [0.4, 0.5) is 0 Å². The molecule has 0 spiro atoms. The zero-order valence-electron chi connectivity index (χ0n) is 15.4. The van der Waals surface area contributed by atoms with Crippen LogP contribution in [0.5, 0.6) is 0 Å². The minimum atomic E-state index is -0.773. The number of hydrogen-bond donors (Lipinski definition) is 1. The van der Waals surface area contributed by atoms with E-state index in [0.29, 0.717) is 19.0 Å². The first kappa shape index (κ1) is 17.8. The molecule has 4 aliphatic rings. The molecule has 0 aromatic rings. The van der Waals surface area contributed by atoms with Crippen LogP contribution in [0.2, 0.25) is 0 Å². The summed E-state index contributed by atoms with van der Waals surface area (Å²) < 4.78 is 0. The van der Waals surface area contributed by atoms with Crippen LogP contribution in [0.25, 0.3) is 0 Å². The molecule has 2 unspecified atom stereocenters. The third kappa shape index (κ3) is 3.35. The van der Waals surface area contributed by atoms with Gasteiger partial charge in [0, 0.05) is 38.0 Å². The number of likely N-dealkylation sites (tertiary alicyclic amines) is 2. The lowest BCUT2D eigenvalue weighted by Gasteiger charge is -2.34. The molecule has 2 amide bonds. The Morgan fingerprint density at radius 3 is 1.81 bits per heavy atom. The maximum atomic E-state index is 13.2. The fourth-order valence-electron chi connectivity index (χ4n) is 5.40. The van der Waals surface area contributed by atoms with Gasteiger partial charge in [-0.15, -0.1) is 0 Å². The molecular formula is C20H30N2O4. The standard InChI is InChI=1S/C20H30N2O4/c23-18(21-9-3-4-10-21)14-5-1-2-6-15(14)19(24)22-11-16(13-7-8-13)17(12-22)20(25)26/h13-17H,1-12H2,(H,25,26)/t14?,15?,16-,17+/m1/s1. The summed E-state index contributed by atoms with van der Waals surface area (Å²) in [6.45, 7) is 2.55. The van der Waals surface area contributed by atoms with Gasteiger partial charge in [-0.3, -0.25) is 14.4 Å². The molecule has 0 radical (unpaired) electrons. The van der Waals surface area contributed by atoms with Crippen LogP contribution < -0.4 is 0 Å². The second-order valence-corrected chi connectivity index (χ2v) is 8.72. The van der Waals surface area contributed by atoms with Gasteiger partial charge < -0.3 is 14.9 Å². The number of carboxylic acid groups (broad SMARTS) is 1. The van der Waals surface area contributed by atoms with Crippen molar-refractivity contribution >= 4 is 17.8 Å². The van der Waals surface area contributed by atoms with E-state index in [1.54, 1.807) is 4.90 Å². The molecule has 4 fully saturated rings. The summed E-state index contributed by atoms with van der Waals surface area (Å²) in [5, 5.41) is 9.56. The van der Waals surface area contributed by atoms with Crippen LogP contribution in [0.1, 0.15) is 51.4 Å². The lowest BCUT2D eigenvalue weighted by atomic mass is 9.77. The highest BCUT2D eigenvalue weighted by atomic mass is 16.4. The SMILES string of the molecule is O=C(O)[C@H]1CN(C(=O)C2CCCCC2C(=O)N2CCCC2)C[C@@H]1C1CC1. The van der Waals surface area contributed by atoms with Crippen LogP contribution in [-0.4, -0.2) is 58.9 Å². The van der Waals surface area contributed by atoms with E-state index in [-0.39, 0.29) is 29.6 Å². The second kappa shape index (κ2) is 7.20. The highest BCUT2D eigenvalue weighted by Gasteiger charge is 2.49. The minimum Gasteiger partial charge on any atom is -0.481 e. The number of hydrogen-bond acceptors (Lipinski definition) is 3. The van der Waals surface area contributed by atoms with Gasteiger partial charge in [-0.1, -0.05) is 12.8 Å². The molecule has 2 saturated heterocycles. The second-order valence-electron chi connectivity index (χ2n) is 8.72. The third-order valence-electron chi connectivity index (χ3n) is 7.04. The van der Waals surface area contributed by atoms with Crippen LogP contribution in [-0.2, 0) is 14.4 Å². The monoisotopic (exact) mass is 362 g/mol. The predicted molar refractivity (Wildman–Crippen MR) is 95.2 cm³/mol. The third-order valence-corrected chi connectivity index (χ3v) is 7.04. The van der Waals surface area contributed by atoms with Gasteiger partial charge in [-0.25, -0.2) is 0 Å². The Morgan fingerprint density at radius 2 is 1.27 bits per heavy atom. The van der Waals surface area contributed by atoms with Gasteiger partial charge in [0.05, 0.1) is 5.92 Å². The quantitative estimate of drug-likeness (QED) is 0.830. The molecule has 1 N–H and O–H groups in total. The Kier molecular flexibility index (Phi) is 4.93. The molecule has 4 rings (SSSR count). The van der Waals surface area contributed by atoms with Gasteiger partial charge >= 0.3 is 5.97 Å². The van der Waals surface area contributed by atoms with Crippen molar-refractivity contribution in [3.05, 3.63) is 0 Å². The van der Waals surface area contributed by atoms with E-state index in [2.05, 4.69) is 0 Å². The number of amides is 2. The van der Waals surface area contributed by atoms with E-state index in [0.717, 1.165) is 64.5 Å². The molecule has 2 heterocycles. The van der Waals surface area contributed by atoms with Gasteiger partial charge in [0.15, 0.2) is 0 Å². The van der Waals surface area contributed by atoms with Crippen LogP contribution >= 0.6 is 0 Å². The van der Waals surface area contributed by atoms with Crippen molar-refractivity contribution in [1.29, 1.82) is 0 Å². The van der Waals surface area contributed by atoms with Gasteiger partial charge in [-0.05, 0) is 50.4 Å². The zero-order chi connectivity index (χ0) is 18.3. The number of carbonyl (C=O) groups excluding carboxylic acids is 2. The minimum absolute atomic E-state index is 0.0386. The number of nitrogens with zero attached hydrogens (tertiary/aromatic N) is 2. The Hall–Kier alpha value is -1.59. The van der Waals surface area contributed by atoms with E-state index >= 15 is 0 Å². The summed E-state index contributed by atoms with van der Waals surface area (Å²) in [4.78, 5) is 41.5. The van der Waals surface area contributed by atoms with Crippen LogP contribution in [0.15, 0.2) is 0 Å². The molecule has 26 heavy (non-hydrogen) atoms. The normalized spacial score (nSPS) is 34.9. The average Bonchev–Trinajstić information content (AvgIpc) is 3.17. The molecule has 6 heteroatoms. The predicted octanol–water partition coefficient (Wildman–Crippen LogP) is 1.98. The number of rotatable bonds is 4. The van der Waals surface area contributed by atoms with Crippen molar-refractivity contribution in [3.63, 3.8) is 0 Å². The Balaban J connectivity index is 1.46. The van der Waals surface area contributed by atoms with Crippen molar-refractivity contribution in [3.8, 4) is 0 Å². The number of aliphatic carboxylic acids is 1. The molecule has 2 aliphatic heterocycles. The molecule has 0 bridgehead atoms. The molecule has 4 atom stereocenters. The topological polar surface area (TPSA) is 77.9 Å². The van der Waals surface area contributed by atoms with Crippen molar-refractivity contribution < 1.29 is 19.5 Å². The lowest BCUT2D eigenvalue weighted by Crippen LogP contribution is -2.45. The van der Waals surface area contributed by atoms with Gasteiger partial charge in [-0.2, -0.15) is 0 Å². The highest BCUT2D eigenvalue weighted by molar-refractivity contribution is 5.88. The van der Waals surface area contributed by atoms with E-state index < -0.39 is 11.9 Å². The summed E-state index contributed by atoms with van der Waals surface area (Å²) in [6.07, 6.45) is 7.88. The number of carboxylic acids is 1. The van der Waals surface area contributed by atoms with Crippen molar-refractivity contribution in [2.45, 2.75) is 51.4 Å². The van der Waals surface area contributed by atoms with Crippen molar-refractivity contribution in [1.82, 2.24) is 9.80 Å². The summed E-state index contributed by atoms with van der Waals surface area (Å²) in [6, 6.07) is 0. The molecule has 0 aromatic heterocycles. The Bertz CT molecular complexity index is 582. The van der Waals surface area contributed by atoms with E-state index in [1.807, 2.05) is 4.90 Å². The van der Waals surface area contributed by atoms with Crippen molar-refractivity contribution in [2.24, 2.45) is 29.6 Å². The zero-order valence-corrected chi connectivity index (χ0v) is 15.4. The molecule has 2 saturated carbocycles. The lowest BCUT2D eigenvalue weighted by molar-refractivity contribution is -0.147. The summed E-state index contributed by atoms with van der Waals surface area (Å²) >= 11 is 0. The first-order valence-corrected chi connectivity index (χ1v) is 10.4. The van der Waals surface area contributed by atoms with E-state index in [9.17, 15) is 19.5 Å². The Labute approximate surface area is 154 Å². The first-order chi connectivity index (χ1) is 12.6. The summed E-state index contributed by atoms with van der Waals surface area (Å²) in [5.41, 5.74) is 0. The van der Waals surface area contributed by atoms with Crippen molar-refractivity contribution in [2.75, 3.05) is 26.2 Å².